The number of nitrogens with one attached hydrogen (secondary N) is 1. The fourth-order valence-electron chi connectivity index (χ4n) is 3.79. The van der Waals surface area contributed by atoms with Crippen LogP contribution < -0.4 is 5.32 Å². The summed E-state index contributed by atoms with van der Waals surface area (Å²) in [6, 6.07) is 6.71. The molecular weight excluding hydrogens is 358 g/mol. The van der Waals surface area contributed by atoms with Gasteiger partial charge in [0.1, 0.15) is 12.4 Å². The molecule has 1 heterocycles. The molecule has 0 saturated heterocycles. The number of phenolic OH excluding ortho intramolecular Hbond substituents is 1. The van der Waals surface area contributed by atoms with Gasteiger partial charge in [-0.1, -0.05) is 12.1 Å². The van der Waals surface area contributed by atoms with Crippen LogP contribution in [0.1, 0.15) is 51.5 Å². The monoisotopic (exact) mass is 385 g/mol. The van der Waals surface area contributed by atoms with Crippen molar-refractivity contribution < 1.29 is 24.2 Å². The minimum atomic E-state index is -0.547. The summed E-state index contributed by atoms with van der Waals surface area (Å²) >= 11 is 0. The Labute approximate surface area is 165 Å². The highest BCUT2D eigenvalue weighted by atomic mass is 16.6. The van der Waals surface area contributed by atoms with E-state index in [9.17, 15) is 14.7 Å². The Bertz CT molecular complexity index is 837. The van der Waals surface area contributed by atoms with E-state index < -0.39 is 11.9 Å². The zero-order chi connectivity index (χ0) is 20.3. The summed E-state index contributed by atoms with van der Waals surface area (Å²) in [5, 5.41) is 13.2. The lowest BCUT2D eigenvalue weighted by molar-refractivity contribution is -0.141. The Hall–Kier alpha value is -2.60. The van der Waals surface area contributed by atoms with Crippen LogP contribution in [-0.4, -0.2) is 36.2 Å². The third kappa shape index (κ3) is 4.28. The van der Waals surface area contributed by atoms with Gasteiger partial charge in [-0.05, 0) is 51.3 Å². The van der Waals surface area contributed by atoms with Crippen LogP contribution in [0, 0.1) is 0 Å². The number of hydrogen-bond acceptors (Lipinski definition) is 6. The maximum absolute atomic E-state index is 12.9. The lowest BCUT2D eigenvalue weighted by Gasteiger charge is -2.34. The molecule has 6 heteroatoms. The molecule has 1 atom stereocenters. The quantitative estimate of drug-likeness (QED) is 0.577. The number of ketones is 1. The van der Waals surface area contributed by atoms with Gasteiger partial charge >= 0.3 is 5.97 Å². The van der Waals surface area contributed by atoms with Crippen LogP contribution in [0.3, 0.4) is 0 Å². The molecule has 1 unspecified atom stereocenters. The average molecular weight is 385 g/mol. The molecule has 1 aromatic rings. The van der Waals surface area contributed by atoms with Crippen LogP contribution in [0.15, 0.2) is 46.8 Å². The van der Waals surface area contributed by atoms with Crippen LogP contribution in [0.5, 0.6) is 5.75 Å². The van der Waals surface area contributed by atoms with Crippen molar-refractivity contribution >= 4 is 11.8 Å². The number of Topliss-reactive ketones (excluding diaryl/α,β-unsaturated/α-hetero) is 1. The number of carbonyl (C=O) groups is 2. The topological polar surface area (TPSA) is 84.9 Å². The summed E-state index contributed by atoms with van der Waals surface area (Å²) in [4.78, 5) is 25.7. The molecule has 6 nitrogen and oxygen atoms in total. The molecule has 150 valence electrons. The number of ether oxygens (including phenoxy) is 2. The molecule has 2 aliphatic rings. The van der Waals surface area contributed by atoms with Gasteiger partial charge in [0.25, 0.3) is 0 Å². The molecule has 0 aromatic heterocycles. The van der Waals surface area contributed by atoms with Gasteiger partial charge in [0.05, 0.1) is 18.3 Å². The van der Waals surface area contributed by atoms with Crippen LogP contribution >= 0.6 is 0 Å². The van der Waals surface area contributed by atoms with Gasteiger partial charge in [0.15, 0.2) is 5.78 Å². The van der Waals surface area contributed by atoms with Gasteiger partial charge in [-0.25, -0.2) is 4.79 Å². The van der Waals surface area contributed by atoms with E-state index in [1.807, 2.05) is 26.8 Å². The van der Waals surface area contributed by atoms with Gasteiger partial charge in [-0.15, -0.1) is 0 Å². The molecule has 28 heavy (non-hydrogen) atoms. The molecule has 0 saturated carbocycles. The van der Waals surface area contributed by atoms with E-state index in [1.54, 1.807) is 18.2 Å². The minimum absolute atomic E-state index is 0.0306. The fourth-order valence-corrected chi connectivity index (χ4v) is 3.79. The first kappa shape index (κ1) is 20.1. The lowest BCUT2D eigenvalue weighted by atomic mass is 9.75. The molecule has 1 aliphatic carbocycles. The van der Waals surface area contributed by atoms with Crippen LogP contribution in [-0.2, 0) is 19.1 Å². The Morgan fingerprint density at radius 2 is 2.07 bits per heavy atom. The largest absolute Gasteiger partial charge is 0.508 e. The Kier molecular flexibility index (Phi) is 6.19. The van der Waals surface area contributed by atoms with Gasteiger partial charge in [0, 0.05) is 29.3 Å². The predicted octanol–water partition coefficient (Wildman–Crippen LogP) is 3.33. The number of carbonyl (C=O) groups excluding carboxylic acids is 2. The predicted molar refractivity (Wildman–Crippen MR) is 105 cm³/mol. The van der Waals surface area contributed by atoms with E-state index >= 15 is 0 Å². The van der Waals surface area contributed by atoms with Crippen LogP contribution in [0.25, 0.3) is 0 Å². The van der Waals surface area contributed by atoms with E-state index in [0.29, 0.717) is 35.4 Å². The second-order valence-corrected chi connectivity index (χ2v) is 7.42. The summed E-state index contributed by atoms with van der Waals surface area (Å²) in [7, 11) is 0. The lowest BCUT2D eigenvalue weighted by Crippen LogP contribution is -2.34. The maximum atomic E-state index is 12.9. The Morgan fingerprint density at radius 1 is 1.29 bits per heavy atom. The molecule has 2 N–H and O–H groups in total. The SMILES string of the molecule is CC1=C(C(=O)OCCOC(C)C)C(c2cccc(O)c2)C2=C(CCCC2=O)N1. The molecule has 0 amide bonds. The van der Waals surface area contributed by atoms with Crippen molar-refractivity contribution in [3.05, 3.63) is 52.4 Å². The second kappa shape index (κ2) is 8.61. The van der Waals surface area contributed by atoms with E-state index in [4.69, 9.17) is 9.47 Å². The smallest absolute Gasteiger partial charge is 0.336 e. The molecule has 1 aliphatic heterocycles. The first-order valence-corrected chi connectivity index (χ1v) is 9.70. The molecule has 0 fully saturated rings. The van der Waals surface area contributed by atoms with E-state index in [-0.39, 0.29) is 24.2 Å². The summed E-state index contributed by atoms with van der Waals surface area (Å²) in [6.07, 6.45) is 2.07. The average Bonchev–Trinajstić information content (AvgIpc) is 2.64. The van der Waals surface area contributed by atoms with Crippen molar-refractivity contribution in [3.8, 4) is 5.75 Å². The second-order valence-electron chi connectivity index (χ2n) is 7.42. The molecular formula is C22H27NO5. The Morgan fingerprint density at radius 3 is 2.79 bits per heavy atom. The standard InChI is InChI=1S/C22H27NO5/c1-13(2)27-10-11-28-22(26)19-14(3)23-17-8-5-9-18(25)21(17)20(19)15-6-4-7-16(24)12-15/h4,6-7,12-13,20,23-24H,5,8-11H2,1-3H3. The zero-order valence-corrected chi connectivity index (χ0v) is 16.6. The number of hydrogen-bond donors (Lipinski definition) is 2. The normalized spacial score (nSPS) is 19.6. The van der Waals surface area contributed by atoms with Gasteiger partial charge < -0.3 is 19.9 Å². The summed E-state index contributed by atoms with van der Waals surface area (Å²) in [5.41, 5.74) is 3.25. The summed E-state index contributed by atoms with van der Waals surface area (Å²) in [6.45, 7) is 6.10. The van der Waals surface area contributed by atoms with Gasteiger partial charge in [-0.3, -0.25) is 4.79 Å². The number of aromatic hydroxyl groups is 1. The first-order valence-electron chi connectivity index (χ1n) is 9.70. The molecule has 0 bridgehead atoms. The van der Waals surface area contributed by atoms with Crippen molar-refractivity contribution in [2.24, 2.45) is 0 Å². The molecule has 1 aromatic carbocycles. The third-order valence-electron chi connectivity index (χ3n) is 4.97. The molecule has 0 spiro atoms. The number of allylic oxidation sites excluding steroid dienone is 3. The van der Waals surface area contributed by atoms with Crippen molar-refractivity contribution in [1.29, 1.82) is 0 Å². The highest BCUT2D eigenvalue weighted by Crippen LogP contribution is 2.43. The maximum Gasteiger partial charge on any atom is 0.336 e. The number of esters is 1. The minimum Gasteiger partial charge on any atom is -0.508 e. The van der Waals surface area contributed by atoms with E-state index in [0.717, 1.165) is 18.5 Å². The van der Waals surface area contributed by atoms with Crippen molar-refractivity contribution in [2.45, 2.75) is 52.1 Å². The number of phenols is 1. The van der Waals surface area contributed by atoms with E-state index in [1.165, 1.54) is 0 Å². The fraction of sp³-hybridized carbons (Fsp3) is 0.455. The first-order chi connectivity index (χ1) is 13.4. The van der Waals surface area contributed by atoms with Gasteiger partial charge in [-0.2, -0.15) is 0 Å². The van der Waals surface area contributed by atoms with Crippen LogP contribution in [0.4, 0.5) is 0 Å². The van der Waals surface area contributed by atoms with Crippen molar-refractivity contribution in [1.82, 2.24) is 5.32 Å². The highest BCUT2D eigenvalue weighted by molar-refractivity contribution is 6.03. The van der Waals surface area contributed by atoms with Crippen LogP contribution in [0.2, 0.25) is 0 Å². The molecule has 0 radical (unpaired) electrons. The number of dihydropyridines is 1. The Balaban J connectivity index is 1.94. The number of rotatable bonds is 6. The highest BCUT2D eigenvalue weighted by Gasteiger charge is 2.39. The summed E-state index contributed by atoms with van der Waals surface area (Å²) < 4.78 is 10.9. The third-order valence-corrected chi connectivity index (χ3v) is 4.97. The van der Waals surface area contributed by atoms with E-state index in [2.05, 4.69) is 5.32 Å². The van der Waals surface area contributed by atoms with Crippen molar-refractivity contribution in [2.75, 3.05) is 13.2 Å². The molecule has 3 rings (SSSR count). The summed E-state index contributed by atoms with van der Waals surface area (Å²) in [5.74, 6) is -0.898. The van der Waals surface area contributed by atoms with Crippen molar-refractivity contribution in [3.63, 3.8) is 0 Å². The number of benzene rings is 1. The zero-order valence-electron chi connectivity index (χ0n) is 16.6. The van der Waals surface area contributed by atoms with Gasteiger partial charge in [0.2, 0.25) is 0 Å².